The first-order chi connectivity index (χ1) is 11.7. The molecule has 4 rings (SSSR count). The molecule has 2 unspecified atom stereocenters. The number of carbonyl (C=O) groups is 1. The molecule has 2 fully saturated rings. The molecule has 0 radical (unpaired) electrons. The maximum Gasteiger partial charge on any atom is 0.220 e. The van der Waals surface area contributed by atoms with Gasteiger partial charge in [-0.2, -0.15) is 0 Å². The highest BCUT2D eigenvalue weighted by Gasteiger charge is 2.34. The summed E-state index contributed by atoms with van der Waals surface area (Å²) in [6, 6.07) is 4.97. The molecule has 7 heteroatoms. The third-order valence-corrected chi connectivity index (χ3v) is 5.47. The van der Waals surface area contributed by atoms with Crippen molar-refractivity contribution in [3.05, 3.63) is 22.7 Å². The Hall–Kier alpha value is -1.17. The van der Waals surface area contributed by atoms with Crippen molar-refractivity contribution in [2.24, 2.45) is 5.92 Å². The van der Waals surface area contributed by atoms with E-state index in [1.165, 1.54) is 12.8 Å². The van der Waals surface area contributed by atoms with Crippen molar-refractivity contribution in [3.8, 4) is 11.5 Å². The molecule has 1 amide bonds. The number of hydrogen-bond acceptors (Lipinski definition) is 4. The number of benzene rings is 1. The van der Waals surface area contributed by atoms with Gasteiger partial charge in [-0.3, -0.25) is 4.79 Å². The van der Waals surface area contributed by atoms with E-state index in [2.05, 4.69) is 10.6 Å². The van der Waals surface area contributed by atoms with Crippen LogP contribution >= 0.6 is 24.0 Å². The molecule has 1 aromatic carbocycles. The molecule has 2 atom stereocenters. The molecule has 2 N–H and O–H groups in total. The van der Waals surface area contributed by atoms with Gasteiger partial charge in [0.1, 0.15) is 13.2 Å². The monoisotopic (exact) mass is 386 g/mol. The molecule has 0 aliphatic carbocycles. The van der Waals surface area contributed by atoms with Crippen LogP contribution in [0, 0.1) is 5.92 Å². The van der Waals surface area contributed by atoms with Gasteiger partial charge in [0.2, 0.25) is 5.91 Å². The molecule has 5 nitrogen and oxygen atoms in total. The highest BCUT2D eigenvalue weighted by molar-refractivity contribution is 6.32. The lowest BCUT2D eigenvalue weighted by molar-refractivity contribution is -0.122. The summed E-state index contributed by atoms with van der Waals surface area (Å²) in [5.74, 6) is 1.89. The van der Waals surface area contributed by atoms with Crippen molar-refractivity contribution in [2.45, 2.75) is 50.7 Å². The van der Waals surface area contributed by atoms with E-state index < -0.39 is 0 Å². The van der Waals surface area contributed by atoms with Crippen molar-refractivity contribution < 1.29 is 14.3 Å². The summed E-state index contributed by atoms with van der Waals surface area (Å²) in [5.41, 5.74) is 0.933. The SMILES string of the molecule is Cl.O=C(CC1CC2CCC(C1)N2)NCc1cc(Cl)c2c(c1)OCCO2. The topological polar surface area (TPSA) is 59.6 Å². The second-order valence-corrected chi connectivity index (χ2v) is 7.47. The number of amides is 1. The van der Waals surface area contributed by atoms with Crippen LogP contribution in [0.15, 0.2) is 12.1 Å². The smallest absolute Gasteiger partial charge is 0.220 e. The number of rotatable bonds is 4. The average molecular weight is 387 g/mol. The predicted molar refractivity (Wildman–Crippen MR) is 98.8 cm³/mol. The first-order valence-corrected chi connectivity index (χ1v) is 9.16. The summed E-state index contributed by atoms with van der Waals surface area (Å²) >= 11 is 6.23. The van der Waals surface area contributed by atoms with E-state index >= 15 is 0 Å². The lowest BCUT2D eigenvalue weighted by atomic mass is 9.89. The van der Waals surface area contributed by atoms with Crippen LogP contribution in [0.2, 0.25) is 5.02 Å². The maximum atomic E-state index is 12.3. The molecule has 0 saturated carbocycles. The van der Waals surface area contributed by atoms with Gasteiger partial charge in [-0.05, 0) is 49.3 Å². The minimum Gasteiger partial charge on any atom is -0.486 e. The summed E-state index contributed by atoms with van der Waals surface area (Å²) in [6.45, 7) is 1.51. The van der Waals surface area contributed by atoms with E-state index in [-0.39, 0.29) is 18.3 Å². The zero-order chi connectivity index (χ0) is 16.5. The molecule has 25 heavy (non-hydrogen) atoms. The highest BCUT2D eigenvalue weighted by atomic mass is 35.5. The predicted octanol–water partition coefficient (Wildman–Crippen LogP) is 3.07. The summed E-state index contributed by atoms with van der Waals surface area (Å²) in [4.78, 5) is 12.3. The molecule has 138 valence electrons. The normalized spacial score (nSPS) is 26.7. The Kier molecular flexibility index (Phi) is 5.97. The van der Waals surface area contributed by atoms with Gasteiger partial charge in [-0.15, -0.1) is 12.4 Å². The van der Waals surface area contributed by atoms with Crippen LogP contribution in [0.25, 0.3) is 0 Å². The minimum atomic E-state index is 0. The number of piperidine rings is 1. The summed E-state index contributed by atoms with van der Waals surface area (Å²) in [5, 5.41) is 7.16. The summed E-state index contributed by atoms with van der Waals surface area (Å²) in [6.07, 6.45) is 5.39. The van der Waals surface area contributed by atoms with Crippen molar-refractivity contribution >= 4 is 29.9 Å². The number of fused-ring (bicyclic) bond motifs is 3. The van der Waals surface area contributed by atoms with Gasteiger partial charge >= 0.3 is 0 Å². The van der Waals surface area contributed by atoms with Crippen LogP contribution in [0.5, 0.6) is 11.5 Å². The lowest BCUT2D eigenvalue weighted by Crippen LogP contribution is -2.39. The fourth-order valence-corrected chi connectivity index (χ4v) is 4.43. The molecule has 0 aromatic heterocycles. The van der Waals surface area contributed by atoms with Crippen LogP contribution in [0.3, 0.4) is 0 Å². The summed E-state index contributed by atoms with van der Waals surface area (Å²) < 4.78 is 11.1. The Balaban J connectivity index is 0.00000182. The Morgan fingerprint density at radius 2 is 1.92 bits per heavy atom. The standard InChI is InChI=1S/C18H23ClN2O3.ClH/c19-15-7-12(8-16-18(15)24-4-3-23-16)10-20-17(22)9-11-5-13-1-2-14(6-11)21-13;/h7-8,11,13-14,21H,1-6,9-10H2,(H,20,22);1H. The molecule has 3 aliphatic rings. The van der Waals surface area contributed by atoms with Gasteiger partial charge in [-0.25, -0.2) is 0 Å². The average Bonchev–Trinajstić information content (AvgIpc) is 2.92. The minimum absolute atomic E-state index is 0. The lowest BCUT2D eigenvalue weighted by Gasteiger charge is -2.28. The molecule has 2 saturated heterocycles. The third-order valence-electron chi connectivity index (χ3n) is 5.19. The van der Waals surface area contributed by atoms with Gasteiger partial charge in [0.05, 0.1) is 5.02 Å². The largest absolute Gasteiger partial charge is 0.486 e. The summed E-state index contributed by atoms with van der Waals surface area (Å²) in [7, 11) is 0. The van der Waals surface area contributed by atoms with Gasteiger partial charge in [0, 0.05) is 25.0 Å². The van der Waals surface area contributed by atoms with Crippen LogP contribution < -0.4 is 20.1 Å². The van der Waals surface area contributed by atoms with Gasteiger partial charge < -0.3 is 20.1 Å². The molecular weight excluding hydrogens is 363 g/mol. The molecular formula is C18H24Cl2N2O3. The molecule has 3 aliphatic heterocycles. The Bertz CT molecular complexity index is 629. The third kappa shape index (κ3) is 4.33. The fourth-order valence-electron chi connectivity index (χ4n) is 4.14. The van der Waals surface area contributed by atoms with Crippen LogP contribution in [0.1, 0.15) is 37.7 Å². The molecule has 0 spiro atoms. The number of hydrogen-bond donors (Lipinski definition) is 2. The second kappa shape index (κ2) is 8.02. The van der Waals surface area contributed by atoms with E-state index in [4.69, 9.17) is 21.1 Å². The van der Waals surface area contributed by atoms with E-state index in [0.29, 0.717) is 60.7 Å². The molecule has 1 aromatic rings. The van der Waals surface area contributed by atoms with E-state index in [9.17, 15) is 4.79 Å². The molecule has 3 heterocycles. The van der Waals surface area contributed by atoms with E-state index in [0.717, 1.165) is 18.4 Å². The van der Waals surface area contributed by atoms with Crippen molar-refractivity contribution in [3.63, 3.8) is 0 Å². The van der Waals surface area contributed by atoms with Crippen molar-refractivity contribution in [1.82, 2.24) is 10.6 Å². The fraction of sp³-hybridized carbons (Fsp3) is 0.611. The van der Waals surface area contributed by atoms with Gasteiger partial charge in [0.15, 0.2) is 11.5 Å². The molecule has 2 bridgehead atoms. The Morgan fingerprint density at radius 1 is 1.20 bits per heavy atom. The Morgan fingerprint density at radius 3 is 2.68 bits per heavy atom. The number of carbonyl (C=O) groups excluding carboxylic acids is 1. The zero-order valence-electron chi connectivity index (χ0n) is 14.1. The van der Waals surface area contributed by atoms with Crippen molar-refractivity contribution in [1.29, 1.82) is 0 Å². The van der Waals surface area contributed by atoms with E-state index in [1.54, 1.807) is 0 Å². The van der Waals surface area contributed by atoms with Crippen LogP contribution in [-0.2, 0) is 11.3 Å². The second-order valence-electron chi connectivity index (χ2n) is 7.06. The Labute approximate surface area is 159 Å². The van der Waals surface area contributed by atoms with Crippen LogP contribution in [0.4, 0.5) is 0 Å². The van der Waals surface area contributed by atoms with Gasteiger partial charge in [0.25, 0.3) is 0 Å². The van der Waals surface area contributed by atoms with Crippen LogP contribution in [-0.4, -0.2) is 31.2 Å². The number of halogens is 2. The van der Waals surface area contributed by atoms with E-state index in [1.807, 2.05) is 12.1 Å². The first kappa shape index (κ1) is 18.6. The van der Waals surface area contributed by atoms with Crippen molar-refractivity contribution in [2.75, 3.05) is 13.2 Å². The number of ether oxygens (including phenoxy) is 2. The first-order valence-electron chi connectivity index (χ1n) is 8.78. The number of nitrogens with one attached hydrogen (secondary N) is 2. The quantitative estimate of drug-likeness (QED) is 0.834. The zero-order valence-corrected chi connectivity index (χ0v) is 15.6. The van der Waals surface area contributed by atoms with Gasteiger partial charge in [-0.1, -0.05) is 11.6 Å². The maximum absolute atomic E-state index is 12.3. The highest BCUT2D eigenvalue weighted by Crippen LogP contribution is 2.38.